The second-order valence-electron chi connectivity index (χ2n) is 9.22. The van der Waals surface area contributed by atoms with Crippen molar-refractivity contribution in [1.82, 2.24) is 20.1 Å². The molecule has 0 bridgehead atoms. The summed E-state index contributed by atoms with van der Waals surface area (Å²) in [7, 11) is 2.04. The van der Waals surface area contributed by atoms with Crippen molar-refractivity contribution in [3.8, 4) is 11.5 Å². The molecule has 0 saturated carbocycles. The van der Waals surface area contributed by atoms with Gasteiger partial charge in [-0.05, 0) is 43.2 Å². The van der Waals surface area contributed by atoms with E-state index in [1.165, 1.54) is 6.20 Å². The maximum absolute atomic E-state index is 12.7. The van der Waals surface area contributed by atoms with E-state index in [1.807, 2.05) is 19.2 Å². The number of halogens is 3. The summed E-state index contributed by atoms with van der Waals surface area (Å²) in [5, 5.41) is 7.56. The molecule has 4 heterocycles. The van der Waals surface area contributed by atoms with Crippen LogP contribution in [0.4, 0.5) is 20.2 Å². The van der Waals surface area contributed by atoms with E-state index in [0.717, 1.165) is 56.9 Å². The van der Waals surface area contributed by atoms with Crippen molar-refractivity contribution in [3.05, 3.63) is 53.1 Å². The van der Waals surface area contributed by atoms with Gasteiger partial charge in [-0.25, -0.2) is 0 Å². The van der Waals surface area contributed by atoms with Crippen LogP contribution in [0, 0.1) is 0 Å². The number of piperidine rings is 1. The van der Waals surface area contributed by atoms with E-state index in [2.05, 4.69) is 25.0 Å². The number of likely N-dealkylation sites (tertiary alicyclic amines) is 1. The Morgan fingerprint density at radius 3 is 2.54 bits per heavy atom. The molecule has 2 aliphatic heterocycles. The van der Waals surface area contributed by atoms with Gasteiger partial charge in [0, 0.05) is 37.4 Å². The number of alkyl halides is 2. The molecule has 0 atom stereocenters. The van der Waals surface area contributed by atoms with Gasteiger partial charge in [0.1, 0.15) is 0 Å². The first-order valence-corrected chi connectivity index (χ1v) is 12.4. The summed E-state index contributed by atoms with van der Waals surface area (Å²) < 4.78 is 35.8. The number of ether oxygens (including phenoxy) is 1. The van der Waals surface area contributed by atoms with Crippen LogP contribution in [-0.2, 0) is 16.1 Å². The Morgan fingerprint density at radius 2 is 1.95 bits per heavy atom. The van der Waals surface area contributed by atoms with Crippen LogP contribution in [0.2, 0.25) is 5.02 Å². The standard InChI is InChI=1S/C25H27ClF2N6O3/c1-32(19-6-8-33(9-7-19)20-13-36-14-20)22-10-17(26)3-5-21(22)34(15-35)12-18-4-2-16(11-29-18)24-30-31-25(37-24)23(27)28/h2-5,10-11,15,19-20,23H,6-9,12-14H2,1H3. The Morgan fingerprint density at radius 1 is 1.16 bits per heavy atom. The Balaban J connectivity index is 1.30. The summed E-state index contributed by atoms with van der Waals surface area (Å²) in [4.78, 5) is 22.8. The van der Waals surface area contributed by atoms with Crippen LogP contribution in [-0.4, -0.2) is 71.9 Å². The summed E-state index contributed by atoms with van der Waals surface area (Å²) in [5.41, 5.74) is 2.60. The number of rotatable bonds is 9. The number of nitrogens with zero attached hydrogens (tertiary/aromatic N) is 6. The molecule has 2 aliphatic rings. The molecule has 2 aromatic heterocycles. The SMILES string of the molecule is CN(c1cc(Cl)ccc1N(C=O)Cc1ccc(-c2nnc(C(F)F)o2)cn1)C1CCN(C2COC2)CC1. The van der Waals surface area contributed by atoms with Gasteiger partial charge in [0.05, 0.1) is 48.4 Å². The fraction of sp³-hybridized carbons (Fsp3) is 0.440. The minimum Gasteiger partial charge on any atom is -0.415 e. The summed E-state index contributed by atoms with van der Waals surface area (Å²) in [6, 6.07) is 9.66. The third kappa shape index (κ3) is 5.58. The Hall–Kier alpha value is -3.15. The minimum atomic E-state index is -2.84. The lowest BCUT2D eigenvalue weighted by molar-refractivity contribution is -0.107. The second kappa shape index (κ2) is 11.1. The summed E-state index contributed by atoms with van der Waals surface area (Å²) >= 11 is 6.36. The van der Waals surface area contributed by atoms with Gasteiger partial charge >= 0.3 is 6.43 Å². The first-order valence-electron chi connectivity index (χ1n) is 12.1. The summed E-state index contributed by atoms with van der Waals surface area (Å²) in [6.45, 7) is 3.84. The first kappa shape index (κ1) is 25.5. The zero-order valence-corrected chi connectivity index (χ0v) is 21.0. The molecule has 2 saturated heterocycles. The number of aromatic nitrogens is 3. The molecule has 0 aliphatic carbocycles. The zero-order chi connectivity index (χ0) is 25.9. The molecule has 196 valence electrons. The summed E-state index contributed by atoms with van der Waals surface area (Å²) in [6.07, 6.45) is 1.39. The molecule has 1 amide bonds. The predicted molar refractivity (Wildman–Crippen MR) is 134 cm³/mol. The van der Waals surface area contributed by atoms with E-state index >= 15 is 0 Å². The van der Waals surface area contributed by atoms with Crippen molar-refractivity contribution in [3.63, 3.8) is 0 Å². The average Bonchev–Trinajstić information content (AvgIpc) is 3.38. The molecule has 0 radical (unpaired) electrons. The maximum atomic E-state index is 12.7. The van der Waals surface area contributed by atoms with Gasteiger partial charge in [0.15, 0.2) is 0 Å². The Kier molecular flexibility index (Phi) is 7.63. The van der Waals surface area contributed by atoms with Gasteiger partial charge in [-0.1, -0.05) is 11.6 Å². The molecule has 3 aromatic rings. The number of anilines is 2. The van der Waals surface area contributed by atoms with Crippen molar-refractivity contribution >= 4 is 29.4 Å². The molecule has 0 unspecified atom stereocenters. The number of hydrogen-bond acceptors (Lipinski definition) is 8. The highest BCUT2D eigenvalue weighted by Gasteiger charge is 2.31. The van der Waals surface area contributed by atoms with Crippen molar-refractivity contribution in [2.24, 2.45) is 0 Å². The van der Waals surface area contributed by atoms with Crippen molar-refractivity contribution < 1.29 is 22.7 Å². The molecule has 0 spiro atoms. The van der Waals surface area contributed by atoms with Crippen LogP contribution >= 0.6 is 11.6 Å². The highest BCUT2D eigenvalue weighted by Crippen LogP contribution is 2.35. The van der Waals surface area contributed by atoms with E-state index in [0.29, 0.717) is 28.4 Å². The topological polar surface area (TPSA) is 87.8 Å². The van der Waals surface area contributed by atoms with Gasteiger partial charge in [-0.15, -0.1) is 10.2 Å². The maximum Gasteiger partial charge on any atom is 0.314 e. The molecule has 2 fully saturated rings. The van der Waals surface area contributed by atoms with Crippen molar-refractivity contribution in [2.45, 2.75) is 37.9 Å². The Labute approximate surface area is 218 Å². The van der Waals surface area contributed by atoms with Gasteiger partial charge in [-0.2, -0.15) is 8.78 Å². The average molecular weight is 533 g/mol. The lowest BCUT2D eigenvalue weighted by Gasteiger charge is -2.44. The Bertz CT molecular complexity index is 1220. The fourth-order valence-electron chi connectivity index (χ4n) is 4.73. The van der Waals surface area contributed by atoms with Gasteiger partial charge in [-0.3, -0.25) is 14.7 Å². The van der Waals surface area contributed by atoms with Crippen LogP contribution in [0.1, 0.15) is 30.9 Å². The van der Waals surface area contributed by atoms with Crippen LogP contribution in [0.25, 0.3) is 11.5 Å². The quantitative estimate of drug-likeness (QED) is 0.379. The smallest absolute Gasteiger partial charge is 0.314 e. The number of hydrogen-bond donors (Lipinski definition) is 0. The lowest BCUT2D eigenvalue weighted by Crippen LogP contribution is -2.54. The third-order valence-corrected chi connectivity index (χ3v) is 7.20. The number of carbonyl (C=O) groups excluding carboxylic acids is 1. The van der Waals surface area contributed by atoms with E-state index in [1.54, 1.807) is 23.1 Å². The molecule has 1 aromatic carbocycles. The van der Waals surface area contributed by atoms with Crippen LogP contribution in [0.5, 0.6) is 0 Å². The number of benzene rings is 1. The molecular weight excluding hydrogens is 506 g/mol. The monoisotopic (exact) mass is 532 g/mol. The molecule has 5 rings (SSSR count). The molecular formula is C25H27ClF2N6O3. The highest BCUT2D eigenvalue weighted by atomic mass is 35.5. The second-order valence-corrected chi connectivity index (χ2v) is 9.66. The first-order chi connectivity index (χ1) is 17.9. The highest BCUT2D eigenvalue weighted by molar-refractivity contribution is 6.31. The van der Waals surface area contributed by atoms with Gasteiger partial charge < -0.3 is 19.0 Å². The zero-order valence-electron chi connectivity index (χ0n) is 20.3. The van der Waals surface area contributed by atoms with Gasteiger partial charge in [0.2, 0.25) is 12.3 Å². The van der Waals surface area contributed by atoms with Crippen LogP contribution in [0.3, 0.4) is 0 Å². The lowest BCUT2D eigenvalue weighted by atomic mass is 10.00. The summed E-state index contributed by atoms with van der Waals surface area (Å²) in [5.74, 6) is -0.785. The number of pyridine rings is 1. The van der Waals surface area contributed by atoms with Crippen molar-refractivity contribution in [1.29, 1.82) is 0 Å². The normalized spacial score (nSPS) is 17.1. The van der Waals surface area contributed by atoms with E-state index in [9.17, 15) is 13.6 Å². The van der Waals surface area contributed by atoms with E-state index in [-0.39, 0.29) is 12.4 Å². The van der Waals surface area contributed by atoms with Crippen molar-refractivity contribution in [2.75, 3.05) is 43.2 Å². The van der Waals surface area contributed by atoms with Crippen LogP contribution in [0.15, 0.2) is 40.9 Å². The fourth-order valence-corrected chi connectivity index (χ4v) is 4.90. The molecule has 37 heavy (non-hydrogen) atoms. The van der Waals surface area contributed by atoms with Gasteiger partial charge in [0.25, 0.3) is 5.89 Å². The minimum absolute atomic E-state index is 0.0425. The van der Waals surface area contributed by atoms with Crippen LogP contribution < -0.4 is 9.80 Å². The van der Waals surface area contributed by atoms with E-state index < -0.39 is 12.3 Å². The number of carbonyl (C=O) groups is 1. The largest absolute Gasteiger partial charge is 0.415 e. The molecule has 9 nitrogen and oxygen atoms in total. The molecule has 0 N–H and O–H groups in total. The third-order valence-electron chi connectivity index (χ3n) is 6.97. The molecule has 12 heteroatoms. The van der Waals surface area contributed by atoms with E-state index in [4.69, 9.17) is 20.8 Å². The predicted octanol–water partition coefficient (Wildman–Crippen LogP) is 4.19. The number of amides is 1.